The number of hydrogen-bond acceptors (Lipinski definition) is 7. The Balaban J connectivity index is 1.36. The summed E-state index contributed by atoms with van der Waals surface area (Å²) in [6, 6.07) is 5.84. The predicted molar refractivity (Wildman–Crippen MR) is 93.4 cm³/mol. The van der Waals surface area contributed by atoms with Crippen LogP contribution in [-0.2, 0) is 41.6 Å². The van der Waals surface area contributed by atoms with Gasteiger partial charge in [0.2, 0.25) is 0 Å². The topological polar surface area (TPSA) is 68.3 Å². The Kier molecular flexibility index (Phi) is 6.27. The largest absolute Gasteiger partial charge is 0.372 e. The van der Waals surface area contributed by atoms with E-state index < -0.39 is 11.6 Å². The fraction of sp³-hybridized carbons (Fsp3) is 0.737. The van der Waals surface area contributed by atoms with Gasteiger partial charge in [0.1, 0.15) is 12.2 Å². The van der Waals surface area contributed by atoms with Crippen LogP contribution in [0.3, 0.4) is 0 Å². The van der Waals surface area contributed by atoms with Gasteiger partial charge in [0.25, 0.3) is 0 Å². The third-order valence-corrected chi connectivity index (χ3v) is 4.11. The van der Waals surface area contributed by atoms with Crippen molar-refractivity contribution < 1.29 is 28.4 Å². The third-order valence-electron chi connectivity index (χ3n) is 4.11. The Morgan fingerprint density at radius 2 is 1.35 bits per heavy atom. The van der Waals surface area contributed by atoms with Gasteiger partial charge in [-0.05, 0) is 39.8 Å². The van der Waals surface area contributed by atoms with Crippen LogP contribution in [0.15, 0.2) is 18.2 Å². The zero-order valence-corrected chi connectivity index (χ0v) is 16.0. The Hall–Kier alpha value is -1.09. The van der Waals surface area contributed by atoms with Gasteiger partial charge in [0, 0.05) is 0 Å². The number of pyridine rings is 1. The molecule has 0 amide bonds. The van der Waals surface area contributed by atoms with E-state index in [4.69, 9.17) is 28.4 Å². The lowest BCUT2D eigenvalue weighted by Crippen LogP contribution is -2.24. The summed E-state index contributed by atoms with van der Waals surface area (Å²) in [6.45, 7) is 10.6. The van der Waals surface area contributed by atoms with Gasteiger partial charge in [-0.15, -0.1) is 0 Å². The standard InChI is InChI=1S/C19H29NO6/c1-18(2)23-12-16(25-18)10-21-8-14-6-5-7-15(20-14)9-22-11-17-13-24-19(3,4)26-17/h5-7,16-17H,8-13H2,1-4H3. The highest BCUT2D eigenvalue weighted by Gasteiger charge is 2.33. The number of rotatable bonds is 8. The lowest BCUT2D eigenvalue weighted by molar-refractivity contribution is -0.145. The zero-order valence-electron chi connectivity index (χ0n) is 16.0. The summed E-state index contributed by atoms with van der Waals surface area (Å²) in [5, 5.41) is 0. The van der Waals surface area contributed by atoms with E-state index in [1.165, 1.54) is 0 Å². The highest BCUT2D eigenvalue weighted by molar-refractivity contribution is 5.10. The van der Waals surface area contributed by atoms with Crippen LogP contribution in [0.2, 0.25) is 0 Å². The number of nitrogens with zero attached hydrogens (tertiary/aromatic N) is 1. The SMILES string of the molecule is CC1(C)OCC(COCc2cccc(COCC3COC(C)(C)O3)n2)O1. The van der Waals surface area contributed by atoms with E-state index in [2.05, 4.69) is 4.98 Å². The van der Waals surface area contributed by atoms with Gasteiger partial charge >= 0.3 is 0 Å². The van der Waals surface area contributed by atoms with Crippen LogP contribution in [0.25, 0.3) is 0 Å². The van der Waals surface area contributed by atoms with E-state index in [-0.39, 0.29) is 12.2 Å². The smallest absolute Gasteiger partial charge is 0.163 e. The van der Waals surface area contributed by atoms with Crippen molar-refractivity contribution in [3.05, 3.63) is 29.6 Å². The molecule has 0 aromatic carbocycles. The first-order valence-corrected chi connectivity index (χ1v) is 9.05. The molecule has 2 fully saturated rings. The van der Waals surface area contributed by atoms with Gasteiger partial charge in [-0.1, -0.05) is 6.07 Å². The third kappa shape index (κ3) is 5.97. The summed E-state index contributed by atoms with van der Waals surface area (Å²) >= 11 is 0. The van der Waals surface area contributed by atoms with E-state index >= 15 is 0 Å². The second-order valence-corrected chi connectivity index (χ2v) is 7.55. The van der Waals surface area contributed by atoms with Crippen molar-refractivity contribution in [2.24, 2.45) is 0 Å². The van der Waals surface area contributed by atoms with Gasteiger partial charge in [0.05, 0.1) is 51.0 Å². The lowest BCUT2D eigenvalue weighted by atomic mass is 10.3. The molecule has 0 saturated carbocycles. The lowest BCUT2D eigenvalue weighted by Gasteiger charge is -2.17. The highest BCUT2D eigenvalue weighted by Crippen LogP contribution is 2.23. The van der Waals surface area contributed by atoms with Crippen LogP contribution in [0.4, 0.5) is 0 Å². The number of ether oxygens (including phenoxy) is 6. The molecule has 1 aromatic rings. The fourth-order valence-electron chi connectivity index (χ4n) is 2.97. The summed E-state index contributed by atoms with van der Waals surface area (Å²) in [7, 11) is 0. The molecule has 0 N–H and O–H groups in total. The molecular weight excluding hydrogens is 338 g/mol. The van der Waals surface area contributed by atoms with Crippen molar-refractivity contribution in [2.45, 2.75) is 64.7 Å². The van der Waals surface area contributed by atoms with Crippen LogP contribution >= 0.6 is 0 Å². The van der Waals surface area contributed by atoms with Crippen LogP contribution in [-0.4, -0.2) is 55.2 Å². The van der Waals surface area contributed by atoms with E-state index in [9.17, 15) is 0 Å². The summed E-state index contributed by atoms with van der Waals surface area (Å²) in [5.41, 5.74) is 1.73. The maximum absolute atomic E-state index is 5.72. The molecule has 2 saturated heterocycles. The highest BCUT2D eigenvalue weighted by atomic mass is 16.8. The van der Waals surface area contributed by atoms with Crippen LogP contribution in [0, 0.1) is 0 Å². The van der Waals surface area contributed by atoms with Gasteiger partial charge in [-0.2, -0.15) is 0 Å². The average Bonchev–Trinajstić information content (AvgIpc) is 3.09. The summed E-state index contributed by atoms with van der Waals surface area (Å²) in [5.74, 6) is -1.04. The zero-order chi connectivity index (χ0) is 18.6. The van der Waals surface area contributed by atoms with E-state index in [1.807, 2.05) is 45.9 Å². The summed E-state index contributed by atoms with van der Waals surface area (Å²) in [6.07, 6.45) is -0.0659. The Morgan fingerprint density at radius 1 is 0.885 bits per heavy atom. The molecule has 2 aliphatic rings. The summed E-state index contributed by atoms with van der Waals surface area (Å²) in [4.78, 5) is 4.56. The van der Waals surface area contributed by atoms with E-state index in [1.54, 1.807) is 0 Å². The van der Waals surface area contributed by atoms with Gasteiger partial charge in [-0.3, -0.25) is 4.98 Å². The molecule has 1 aromatic heterocycles. The minimum Gasteiger partial charge on any atom is -0.372 e. The number of aromatic nitrogens is 1. The maximum Gasteiger partial charge on any atom is 0.163 e. The van der Waals surface area contributed by atoms with Crippen molar-refractivity contribution in [3.8, 4) is 0 Å². The normalized spacial score (nSPS) is 27.1. The van der Waals surface area contributed by atoms with Crippen molar-refractivity contribution >= 4 is 0 Å². The van der Waals surface area contributed by atoms with Crippen LogP contribution < -0.4 is 0 Å². The molecule has 0 aliphatic carbocycles. The molecule has 0 radical (unpaired) electrons. The minimum absolute atomic E-state index is 0.0330. The van der Waals surface area contributed by atoms with Gasteiger partial charge in [-0.25, -0.2) is 0 Å². The molecule has 0 bridgehead atoms. The molecule has 2 atom stereocenters. The molecular formula is C19H29NO6. The Bertz CT molecular complexity index is 544. The Labute approximate surface area is 154 Å². The molecule has 2 aliphatic heterocycles. The fourth-order valence-corrected chi connectivity index (χ4v) is 2.97. The predicted octanol–water partition coefficient (Wildman–Crippen LogP) is 2.42. The van der Waals surface area contributed by atoms with E-state index in [0.717, 1.165) is 11.4 Å². The molecule has 2 unspecified atom stereocenters. The van der Waals surface area contributed by atoms with Crippen molar-refractivity contribution in [3.63, 3.8) is 0 Å². The molecule has 7 nitrogen and oxygen atoms in total. The molecule has 3 rings (SSSR count). The van der Waals surface area contributed by atoms with Crippen LogP contribution in [0.1, 0.15) is 39.1 Å². The monoisotopic (exact) mass is 367 g/mol. The Morgan fingerprint density at radius 3 is 1.73 bits per heavy atom. The quantitative estimate of drug-likeness (QED) is 0.699. The van der Waals surface area contributed by atoms with Crippen molar-refractivity contribution in [1.29, 1.82) is 0 Å². The van der Waals surface area contributed by atoms with E-state index in [0.29, 0.717) is 39.6 Å². The van der Waals surface area contributed by atoms with Gasteiger partial charge in [0.15, 0.2) is 11.6 Å². The summed E-state index contributed by atoms with van der Waals surface area (Å²) < 4.78 is 33.9. The molecule has 146 valence electrons. The maximum atomic E-state index is 5.72. The second-order valence-electron chi connectivity index (χ2n) is 7.55. The second kappa shape index (κ2) is 8.29. The van der Waals surface area contributed by atoms with Gasteiger partial charge < -0.3 is 28.4 Å². The molecule has 7 heteroatoms. The molecule has 0 spiro atoms. The van der Waals surface area contributed by atoms with Crippen LogP contribution in [0.5, 0.6) is 0 Å². The van der Waals surface area contributed by atoms with Crippen molar-refractivity contribution in [1.82, 2.24) is 4.98 Å². The first-order valence-electron chi connectivity index (χ1n) is 9.05. The molecule has 3 heterocycles. The number of hydrogen-bond donors (Lipinski definition) is 0. The average molecular weight is 367 g/mol. The minimum atomic E-state index is -0.521. The molecule has 26 heavy (non-hydrogen) atoms. The first-order chi connectivity index (χ1) is 12.3. The first kappa shape index (κ1) is 19.7. The van der Waals surface area contributed by atoms with Crippen molar-refractivity contribution in [2.75, 3.05) is 26.4 Å².